The molecule has 3 unspecified atom stereocenters. The molecule has 0 bridgehead atoms. The zero-order valence-electron chi connectivity index (χ0n) is 8.44. The van der Waals surface area contributed by atoms with E-state index in [1.165, 1.54) is 12.8 Å². The first-order valence-corrected chi connectivity index (χ1v) is 5.23. The predicted octanol–water partition coefficient (Wildman–Crippen LogP) is 1.84. The minimum Gasteiger partial charge on any atom is -0.357 e. The lowest BCUT2D eigenvalue weighted by molar-refractivity contribution is -0.0976. The fraction of sp³-hybridized carbons (Fsp3) is 0.900. The van der Waals surface area contributed by atoms with E-state index >= 15 is 0 Å². The van der Waals surface area contributed by atoms with Gasteiger partial charge >= 0.3 is 0 Å². The maximum absolute atomic E-state index is 5.69. The van der Waals surface area contributed by atoms with E-state index in [9.17, 15) is 0 Å². The van der Waals surface area contributed by atoms with Crippen molar-refractivity contribution < 1.29 is 4.74 Å². The van der Waals surface area contributed by atoms with E-state index in [2.05, 4.69) is 24.0 Å². The van der Waals surface area contributed by atoms with Crippen LogP contribution in [0.25, 0.3) is 0 Å². The predicted molar refractivity (Wildman–Crippen MR) is 52.5 cm³/mol. The fourth-order valence-corrected chi connectivity index (χ4v) is 1.92. The Morgan fingerprint density at radius 1 is 1.38 bits per heavy atom. The molecule has 3 heteroatoms. The van der Waals surface area contributed by atoms with Crippen LogP contribution in [0.2, 0.25) is 0 Å². The normalized spacial score (nSPS) is 39.8. The smallest absolute Gasteiger partial charge is 0.146 e. The van der Waals surface area contributed by atoms with Gasteiger partial charge in [-0.1, -0.05) is 6.92 Å². The van der Waals surface area contributed by atoms with Gasteiger partial charge in [-0.2, -0.15) is 5.10 Å². The zero-order valence-corrected chi connectivity index (χ0v) is 8.44. The summed E-state index contributed by atoms with van der Waals surface area (Å²) in [5, 5.41) is 6.53. The number of nitrogens with zero attached hydrogens (tertiary/aromatic N) is 2. The van der Waals surface area contributed by atoms with E-state index in [1.807, 2.05) is 6.21 Å². The van der Waals surface area contributed by atoms with Crippen LogP contribution < -0.4 is 0 Å². The standard InChI is InChI=1S/C10H18N2O/c1-8-7-11-12(9(8)2)10-5-3-4-6-13-10/h7-10H,3-6H2,1-2H3. The van der Waals surface area contributed by atoms with Crippen molar-refractivity contribution >= 4 is 6.21 Å². The molecule has 3 atom stereocenters. The average molecular weight is 182 g/mol. The maximum atomic E-state index is 5.69. The summed E-state index contributed by atoms with van der Waals surface area (Å²) in [6, 6.07) is 0.503. The molecule has 2 aliphatic rings. The van der Waals surface area contributed by atoms with Crippen molar-refractivity contribution in [2.24, 2.45) is 11.0 Å². The summed E-state index contributed by atoms with van der Waals surface area (Å²) in [6.45, 7) is 5.32. The second-order valence-electron chi connectivity index (χ2n) is 4.07. The van der Waals surface area contributed by atoms with Gasteiger partial charge in [0, 0.05) is 18.7 Å². The third-order valence-corrected chi connectivity index (χ3v) is 3.06. The molecule has 0 aromatic heterocycles. The van der Waals surface area contributed by atoms with Gasteiger partial charge in [0.1, 0.15) is 6.23 Å². The Bertz CT molecular complexity index is 199. The molecule has 0 aromatic carbocycles. The minimum atomic E-state index is 0.241. The van der Waals surface area contributed by atoms with Crippen LogP contribution in [0.4, 0.5) is 0 Å². The highest BCUT2D eigenvalue weighted by Crippen LogP contribution is 2.25. The van der Waals surface area contributed by atoms with Crippen LogP contribution in [-0.4, -0.2) is 30.1 Å². The zero-order chi connectivity index (χ0) is 9.26. The van der Waals surface area contributed by atoms with Gasteiger partial charge in [-0.15, -0.1) is 0 Å². The molecule has 0 aliphatic carbocycles. The molecule has 0 saturated carbocycles. The number of hydrogen-bond acceptors (Lipinski definition) is 3. The fourth-order valence-electron chi connectivity index (χ4n) is 1.92. The second-order valence-corrected chi connectivity index (χ2v) is 4.07. The van der Waals surface area contributed by atoms with Gasteiger partial charge in [0.2, 0.25) is 0 Å². The lowest BCUT2D eigenvalue weighted by atomic mass is 10.1. The molecule has 0 aromatic rings. The SMILES string of the molecule is CC1C=NN(C2CCCCO2)C1C. The summed E-state index contributed by atoms with van der Waals surface area (Å²) in [6.07, 6.45) is 5.89. The maximum Gasteiger partial charge on any atom is 0.146 e. The summed E-state index contributed by atoms with van der Waals surface area (Å²) in [5.74, 6) is 0.561. The molecule has 2 rings (SSSR count). The van der Waals surface area contributed by atoms with Gasteiger partial charge in [0.15, 0.2) is 0 Å². The lowest BCUT2D eigenvalue weighted by Gasteiger charge is -2.33. The van der Waals surface area contributed by atoms with Crippen LogP contribution in [0.5, 0.6) is 0 Å². The summed E-state index contributed by atoms with van der Waals surface area (Å²) < 4.78 is 5.69. The van der Waals surface area contributed by atoms with Gasteiger partial charge in [-0.05, 0) is 26.2 Å². The van der Waals surface area contributed by atoms with Crippen LogP contribution >= 0.6 is 0 Å². The molecule has 74 valence electrons. The van der Waals surface area contributed by atoms with Gasteiger partial charge in [-0.3, -0.25) is 5.01 Å². The Balaban J connectivity index is 1.96. The van der Waals surface area contributed by atoms with Crippen molar-refractivity contribution in [3.05, 3.63) is 0 Å². The van der Waals surface area contributed by atoms with Crippen molar-refractivity contribution in [1.29, 1.82) is 0 Å². The molecule has 3 nitrogen and oxygen atoms in total. The first-order chi connectivity index (χ1) is 6.29. The summed E-state index contributed by atoms with van der Waals surface area (Å²) in [4.78, 5) is 0. The first kappa shape index (κ1) is 9.00. The van der Waals surface area contributed by atoms with Gasteiger partial charge in [0.25, 0.3) is 0 Å². The minimum absolute atomic E-state index is 0.241. The Hall–Kier alpha value is -0.570. The molecule has 0 amide bonds. The number of hydrogen-bond donors (Lipinski definition) is 0. The largest absolute Gasteiger partial charge is 0.357 e. The van der Waals surface area contributed by atoms with E-state index in [-0.39, 0.29) is 6.23 Å². The highest BCUT2D eigenvalue weighted by Gasteiger charge is 2.30. The van der Waals surface area contributed by atoms with Crippen molar-refractivity contribution in [2.75, 3.05) is 6.61 Å². The molecule has 0 N–H and O–H groups in total. The number of hydrazone groups is 1. The quantitative estimate of drug-likeness (QED) is 0.618. The van der Waals surface area contributed by atoms with Crippen molar-refractivity contribution in [3.63, 3.8) is 0 Å². The van der Waals surface area contributed by atoms with E-state index in [1.54, 1.807) is 0 Å². The molecule has 13 heavy (non-hydrogen) atoms. The Labute approximate surface area is 79.8 Å². The van der Waals surface area contributed by atoms with Crippen LogP contribution in [0.15, 0.2) is 5.10 Å². The second kappa shape index (κ2) is 3.66. The van der Waals surface area contributed by atoms with E-state index < -0.39 is 0 Å². The Morgan fingerprint density at radius 2 is 2.23 bits per heavy atom. The van der Waals surface area contributed by atoms with Crippen LogP contribution in [-0.2, 0) is 4.74 Å². The lowest BCUT2D eigenvalue weighted by Crippen LogP contribution is -2.40. The third-order valence-electron chi connectivity index (χ3n) is 3.06. The van der Waals surface area contributed by atoms with Crippen LogP contribution in [0.1, 0.15) is 33.1 Å². The van der Waals surface area contributed by atoms with Gasteiger partial charge in [-0.25, -0.2) is 0 Å². The van der Waals surface area contributed by atoms with Crippen molar-refractivity contribution in [1.82, 2.24) is 5.01 Å². The Kier molecular flexibility index (Phi) is 2.54. The molecule has 2 aliphatic heterocycles. The summed E-state index contributed by atoms with van der Waals surface area (Å²) in [7, 11) is 0. The third kappa shape index (κ3) is 1.70. The number of ether oxygens (including phenoxy) is 1. The Morgan fingerprint density at radius 3 is 2.77 bits per heavy atom. The van der Waals surface area contributed by atoms with Crippen LogP contribution in [0.3, 0.4) is 0 Å². The molecule has 1 fully saturated rings. The average Bonchev–Trinajstić information content (AvgIpc) is 2.49. The molecule has 0 radical (unpaired) electrons. The molecule has 0 spiro atoms. The highest BCUT2D eigenvalue weighted by molar-refractivity contribution is 5.62. The monoisotopic (exact) mass is 182 g/mol. The van der Waals surface area contributed by atoms with Crippen molar-refractivity contribution in [3.8, 4) is 0 Å². The van der Waals surface area contributed by atoms with Crippen molar-refractivity contribution in [2.45, 2.75) is 45.4 Å². The van der Waals surface area contributed by atoms with E-state index in [0.717, 1.165) is 13.0 Å². The van der Waals surface area contributed by atoms with Crippen LogP contribution in [0, 0.1) is 5.92 Å². The first-order valence-electron chi connectivity index (χ1n) is 5.23. The van der Waals surface area contributed by atoms with E-state index in [4.69, 9.17) is 4.74 Å². The van der Waals surface area contributed by atoms with Gasteiger partial charge < -0.3 is 4.74 Å². The summed E-state index contributed by atoms with van der Waals surface area (Å²) >= 11 is 0. The topological polar surface area (TPSA) is 24.8 Å². The highest BCUT2D eigenvalue weighted by atomic mass is 16.5. The molecular formula is C10H18N2O. The summed E-state index contributed by atoms with van der Waals surface area (Å²) in [5.41, 5.74) is 0. The molecule has 1 saturated heterocycles. The number of rotatable bonds is 1. The molecular weight excluding hydrogens is 164 g/mol. The molecule has 2 heterocycles. The van der Waals surface area contributed by atoms with E-state index in [0.29, 0.717) is 12.0 Å². The van der Waals surface area contributed by atoms with Gasteiger partial charge in [0.05, 0.1) is 6.04 Å².